The van der Waals surface area contributed by atoms with Crippen molar-refractivity contribution in [2.75, 3.05) is 26.7 Å². The molecule has 0 saturated carbocycles. The van der Waals surface area contributed by atoms with Crippen molar-refractivity contribution in [1.82, 2.24) is 35.7 Å². The number of hydrogen-bond acceptors (Lipinski definition) is 7. The van der Waals surface area contributed by atoms with Crippen molar-refractivity contribution >= 4 is 24.2 Å². The van der Waals surface area contributed by atoms with E-state index in [1.54, 1.807) is 12.1 Å². The van der Waals surface area contributed by atoms with Crippen molar-refractivity contribution in [3.8, 4) is 11.4 Å². The van der Waals surface area contributed by atoms with Gasteiger partial charge in [0.25, 0.3) is 5.82 Å². The molecule has 2 amide bonds. The highest BCUT2D eigenvalue weighted by Crippen LogP contribution is 2.31. The molecule has 4 rings (SSSR count). The Morgan fingerprint density at radius 1 is 1.15 bits per heavy atom. The molecule has 2 N–H and O–H groups in total. The van der Waals surface area contributed by atoms with Crippen LogP contribution in [0.3, 0.4) is 0 Å². The number of benzene rings is 2. The standard InChI is InChI=1S/C27H32F3N7O3.ClH/c1-18(38)31-13-6-9-25(39)36-14-12-23(22(17-36)19-7-4-3-5-8-19)32-16-20-15-21(10-11-24(20)40-2)37-26(27(28,29)30)33-34-35-37;/h3-5,7-8,10-11,15,22-23,32H,6,9,12-14,16-17H2,1-2H3,(H,31,38);1H/t22-,23-;/m0./s1. The Kier molecular flexibility index (Phi) is 11.1. The number of ether oxygens (including phenoxy) is 1. The third-order valence-electron chi connectivity index (χ3n) is 6.92. The van der Waals surface area contributed by atoms with E-state index < -0.39 is 12.0 Å². The maximum Gasteiger partial charge on any atom is 0.453 e. The molecule has 10 nitrogen and oxygen atoms in total. The largest absolute Gasteiger partial charge is 0.496 e. The fraction of sp³-hybridized carbons (Fsp3) is 0.444. The van der Waals surface area contributed by atoms with Gasteiger partial charge >= 0.3 is 6.18 Å². The number of rotatable bonds is 10. The minimum absolute atomic E-state index is 0. The highest BCUT2D eigenvalue weighted by atomic mass is 35.5. The van der Waals surface area contributed by atoms with Crippen molar-refractivity contribution in [3.63, 3.8) is 0 Å². The Morgan fingerprint density at radius 2 is 1.90 bits per heavy atom. The second-order valence-electron chi connectivity index (χ2n) is 9.63. The third kappa shape index (κ3) is 8.17. The van der Waals surface area contributed by atoms with E-state index in [-0.39, 0.29) is 41.9 Å². The Hall–Kier alpha value is -3.71. The summed E-state index contributed by atoms with van der Waals surface area (Å²) in [7, 11) is 1.50. The van der Waals surface area contributed by atoms with Crippen LogP contribution in [0.4, 0.5) is 13.2 Å². The molecule has 2 heterocycles. The zero-order chi connectivity index (χ0) is 28.7. The maximum absolute atomic E-state index is 13.4. The smallest absolute Gasteiger partial charge is 0.453 e. The van der Waals surface area contributed by atoms with Gasteiger partial charge in [0.05, 0.1) is 12.8 Å². The van der Waals surface area contributed by atoms with Gasteiger partial charge in [-0.1, -0.05) is 30.3 Å². The summed E-state index contributed by atoms with van der Waals surface area (Å²) in [5.41, 5.74) is 1.89. The first-order valence-corrected chi connectivity index (χ1v) is 13.0. The van der Waals surface area contributed by atoms with Gasteiger partial charge in [0.2, 0.25) is 11.8 Å². The van der Waals surface area contributed by atoms with E-state index in [0.29, 0.717) is 61.4 Å². The summed E-state index contributed by atoms with van der Waals surface area (Å²) in [6, 6.07) is 14.5. The molecule has 1 saturated heterocycles. The fourth-order valence-corrected chi connectivity index (χ4v) is 4.94. The average Bonchev–Trinajstić information content (AvgIpc) is 3.45. The molecule has 3 aromatic rings. The summed E-state index contributed by atoms with van der Waals surface area (Å²) in [6.07, 6.45) is -3.11. The van der Waals surface area contributed by atoms with Crippen LogP contribution >= 0.6 is 12.4 Å². The van der Waals surface area contributed by atoms with E-state index in [2.05, 4.69) is 26.2 Å². The number of nitrogens with zero attached hydrogens (tertiary/aromatic N) is 5. The lowest BCUT2D eigenvalue weighted by atomic mass is 9.85. The summed E-state index contributed by atoms with van der Waals surface area (Å²) in [4.78, 5) is 25.9. The number of aromatic nitrogens is 4. The van der Waals surface area contributed by atoms with Crippen molar-refractivity contribution in [3.05, 3.63) is 65.5 Å². The first-order chi connectivity index (χ1) is 19.2. The summed E-state index contributed by atoms with van der Waals surface area (Å²) in [5.74, 6) is -0.777. The summed E-state index contributed by atoms with van der Waals surface area (Å²) in [6.45, 7) is 3.31. The first kappa shape index (κ1) is 31.8. The molecule has 0 aliphatic carbocycles. The molecule has 0 bridgehead atoms. The quantitative estimate of drug-likeness (QED) is 0.345. The Balaban J connectivity index is 0.00000462. The minimum atomic E-state index is -4.71. The van der Waals surface area contributed by atoms with Crippen LogP contribution in [0.1, 0.15) is 49.1 Å². The Morgan fingerprint density at radius 3 is 2.59 bits per heavy atom. The van der Waals surface area contributed by atoms with Crippen molar-refractivity contribution < 1.29 is 27.5 Å². The van der Waals surface area contributed by atoms with Crippen LogP contribution in [-0.4, -0.2) is 69.7 Å². The lowest BCUT2D eigenvalue weighted by Gasteiger charge is -2.39. The second kappa shape index (κ2) is 14.3. The number of methoxy groups -OCH3 is 1. The van der Waals surface area contributed by atoms with Gasteiger partial charge in [0.1, 0.15) is 5.75 Å². The summed E-state index contributed by atoms with van der Waals surface area (Å²) in [5, 5.41) is 16.1. The molecule has 0 radical (unpaired) electrons. The number of carbonyl (C=O) groups excluding carboxylic acids is 2. The third-order valence-corrected chi connectivity index (χ3v) is 6.92. The van der Waals surface area contributed by atoms with Gasteiger partial charge in [0, 0.05) is 57.0 Å². The molecule has 2 aromatic carbocycles. The van der Waals surface area contributed by atoms with Crippen LogP contribution in [0.2, 0.25) is 0 Å². The van der Waals surface area contributed by atoms with E-state index in [1.807, 2.05) is 35.2 Å². The molecular weight excluding hydrogens is 563 g/mol. The van der Waals surface area contributed by atoms with E-state index in [9.17, 15) is 22.8 Å². The van der Waals surface area contributed by atoms with Crippen LogP contribution in [0.25, 0.3) is 5.69 Å². The molecular formula is C27H33ClF3N7O3. The van der Waals surface area contributed by atoms with Gasteiger partial charge < -0.3 is 20.3 Å². The number of halogens is 4. The maximum atomic E-state index is 13.4. The molecule has 222 valence electrons. The fourth-order valence-electron chi connectivity index (χ4n) is 4.94. The number of nitrogens with one attached hydrogen (secondary N) is 2. The lowest BCUT2D eigenvalue weighted by molar-refractivity contribution is -0.146. The predicted molar refractivity (Wildman–Crippen MR) is 147 cm³/mol. The topological polar surface area (TPSA) is 114 Å². The van der Waals surface area contributed by atoms with Crippen molar-refractivity contribution in [2.24, 2.45) is 0 Å². The normalized spacial score (nSPS) is 17.0. The minimum Gasteiger partial charge on any atom is -0.496 e. The van der Waals surface area contributed by atoms with Gasteiger partial charge in [-0.2, -0.15) is 17.9 Å². The van der Waals surface area contributed by atoms with Gasteiger partial charge in [-0.15, -0.1) is 17.5 Å². The summed E-state index contributed by atoms with van der Waals surface area (Å²) < 4.78 is 46.2. The Bertz CT molecular complexity index is 1310. The van der Waals surface area contributed by atoms with E-state index in [1.165, 1.54) is 20.1 Å². The van der Waals surface area contributed by atoms with Gasteiger partial charge in [0.15, 0.2) is 0 Å². The number of alkyl halides is 3. The molecule has 2 atom stereocenters. The zero-order valence-corrected chi connectivity index (χ0v) is 23.5. The number of carbonyl (C=O) groups is 2. The Labute approximate surface area is 242 Å². The van der Waals surface area contributed by atoms with E-state index in [0.717, 1.165) is 5.56 Å². The van der Waals surface area contributed by atoms with Gasteiger partial charge in [-0.3, -0.25) is 9.59 Å². The molecule has 1 fully saturated rings. The second-order valence-corrected chi connectivity index (χ2v) is 9.63. The number of amides is 2. The number of tetrazole rings is 1. The van der Waals surface area contributed by atoms with Crippen molar-refractivity contribution in [2.45, 2.75) is 50.9 Å². The monoisotopic (exact) mass is 595 g/mol. The lowest BCUT2D eigenvalue weighted by Crippen LogP contribution is -2.49. The van der Waals surface area contributed by atoms with Crippen LogP contribution in [0, 0.1) is 0 Å². The highest BCUT2D eigenvalue weighted by molar-refractivity contribution is 5.85. The van der Waals surface area contributed by atoms with Crippen LogP contribution in [0.15, 0.2) is 48.5 Å². The molecule has 0 unspecified atom stereocenters. The SMILES string of the molecule is COc1ccc(-n2nnnc2C(F)(F)F)cc1CN[C@H]1CCN(C(=O)CCCNC(C)=O)C[C@H]1c1ccccc1.Cl. The number of hydrogen-bond donors (Lipinski definition) is 2. The molecule has 41 heavy (non-hydrogen) atoms. The van der Waals surface area contributed by atoms with E-state index >= 15 is 0 Å². The molecule has 1 aromatic heterocycles. The van der Waals surface area contributed by atoms with Crippen LogP contribution in [0.5, 0.6) is 5.75 Å². The predicted octanol–water partition coefficient (Wildman–Crippen LogP) is 3.50. The number of piperidine rings is 1. The van der Waals surface area contributed by atoms with E-state index in [4.69, 9.17) is 4.74 Å². The molecule has 1 aliphatic heterocycles. The van der Waals surface area contributed by atoms with Gasteiger partial charge in [-0.25, -0.2) is 0 Å². The van der Waals surface area contributed by atoms with Crippen LogP contribution in [-0.2, 0) is 22.3 Å². The average molecular weight is 596 g/mol. The molecule has 1 aliphatic rings. The van der Waals surface area contributed by atoms with Crippen LogP contribution < -0.4 is 15.4 Å². The first-order valence-electron chi connectivity index (χ1n) is 13.0. The summed E-state index contributed by atoms with van der Waals surface area (Å²) >= 11 is 0. The van der Waals surface area contributed by atoms with Crippen molar-refractivity contribution in [1.29, 1.82) is 0 Å². The highest BCUT2D eigenvalue weighted by Gasteiger charge is 2.38. The zero-order valence-electron chi connectivity index (χ0n) is 22.7. The number of likely N-dealkylation sites (tertiary alicyclic amines) is 1. The molecule has 0 spiro atoms. The molecule has 14 heteroatoms. The van der Waals surface area contributed by atoms with Gasteiger partial charge in [-0.05, 0) is 47.0 Å².